The number of pyridine rings is 1. The second-order valence-corrected chi connectivity index (χ2v) is 5.46. The molecule has 19 heavy (non-hydrogen) atoms. The zero-order chi connectivity index (χ0) is 13.8. The first kappa shape index (κ1) is 13.8. The molecule has 1 aliphatic carbocycles. The third-order valence-electron chi connectivity index (χ3n) is 3.53. The van der Waals surface area contributed by atoms with Crippen molar-refractivity contribution in [1.82, 2.24) is 9.88 Å². The van der Waals surface area contributed by atoms with Gasteiger partial charge in [0.05, 0.1) is 0 Å². The highest BCUT2D eigenvalue weighted by molar-refractivity contribution is 5.96. The highest BCUT2D eigenvalue weighted by atomic mass is 16.4. The Kier molecular flexibility index (Phi) is 4.37. The van der Waals surface area contributed by atoms with Crippen molar-refractivity contribution in [2.75, 3.05) is 6.54 Å². The van der Waals surface area contributed by atoms with Crippen molar-refractivity contribution in [2.24, 2.45) is 16.8 Å². The molecule has 0 aromatic carbocycles. The van der Waals surface area contributed by atoms with Gasteiger partial charge >= 0.3 is 0 Å². The van der Waals surface area contributed by atoms with E-state index in [-0.39, 0.29) is 5.84 Å². The number of amidine groups is 1. The Labute approximate surface area is 114 Å². The number of oxime groups is 1. The zero-order valence-electron chi connectivity index (χ0n) is 11.6. The smallest absolute Gasteiger partial charge is 0.189 e. The van der Waals surface area contributed by atoms with E-state index in [9.17, 15) is 0 Å². The molecule has 104 valence electrons. The highest BCUT2D eigenvalue weighted by Crippen LogP contribution is 2.30. The largest absolute Gasteiger partial charge is 0.409 e. The van der Waals surface area contributed by atoms with Crippen LogP contribution in [0.25, 0.3) is 0 Å². The third-order valence-corrected chi connectivity index (χ3v) is 3.53. The van der Waals surface area contributed by atoms with Gasteiger partial charge in [-0.25, -0.2) is 0 Å². The Morgan fingerprint density at radius 3 is 2.89 bits per heavy atom. The van der Waals surface area contributed by atoms with Crippen LogP contribution in [-0.4, -0.2) is 33.5 Å². The summed E-state index contributed by atoms with van der Waals surface area (Å²) in [6.45, 7) is 6.29. The minimum atomic E-state index is 0.0747. The molecule has 0 atom stereocenters. The van der Waals surface area contributed by atoms with Crippen LogP contribution in [0.15, 0.2) is 23.5 Å². The van der Waals surface area contributed by atoms with Crippen molar-refractivity contribution in [1.29, 1.82) is 0 Å². The summed E-state index contributed by atoms with van der Waals surface area (Å²) in [5.74, 6) is 0.914. The van der Waals surface area contributed by atoms with Gasteiger partial charge in [-0.2, -0.15) is 0 Å². The average Bonchev–Trinajstić information content (AvgIpc) is 3.21. The van der Waals surface area contributed by atoms with Gasteiger partial charge in [-0.05, 0) is 44.2 Å². The van der Waals surface area contributed by atoms with E-state index in [4.69, 9.17) is 10.9 Å². The number of rotatable bonds is 6. The molecule has 5 heteroatoms. The fraction of sp³-hybridized carbons (Fsp3) is 0.571. The van der Waals surface area contributed by atoms with E-state index in [2.05, 4.69) is 28.9 Å². The van der Waals surface area contributed by atoms with Gasteiger partial charge in [0.15, 0.2) is 5.84 Å². The Morgan fingerprint density at radius 2 is 2.32 bits per heavy atom. The van der Waals surface area contributed by atoms with Crippen molar-refractivity contribution < 1.29 is 5.21 Å². The summed E-state index contributed by atoms with van der Waals surface area (Å²) < 4.78 is 0. The quantitative estimate of drug-likeness (QED) is 0.355. The van der Waals surface area contributed by atoms with E-state index < -0.39 is 0 Å². The second-order valence-electron chi connectivity index (χ2n) is 5.46. The molecule has 0 bridgehead atoms. The van der Waals surface area contributed by atoms with Crippen LogP contribution in [0.4, 0.5) is 0 Å². The molecule has 0 saturated heterocycles. The molecule has 0 aliphatic heterocycles. The molecule has 0 radical (unpaired) electrons. The lowest BCUT2D eigenvalue weighted by Crippen LogP contribution is -2.33. The number of aromatic nitrogens is 1. The molecule has 1 saturated carbocycles. The molecule has 0 unspecified atom stereocenters. The monoisotopic (exact) mass is 262 g/mol. The van der Waals surface area contributed by atoms with Crippen molar-refractivity contribution in [3.63, 3.8) is 0 Å². The van der Waals surface area contributed by atoms with Crippen LogP contribution < -0.4 is 5.73 Å². The fourth-order valence-electron chi connectivity index (χ4n) is 2.15. The molecular formula is C14H22N4O. The lowest BCUT2D eigenvalue weighted by molar-refractivity contribution is 0.203. The van der Waals surface area contributed by atoms with Gasteiger partial charge in [-0.1, -0.05) is 11.2 Å². The molecule has 1 aromatic heterocycles. The SMILES string of the molecule is CC(C)N(Cc1cccnc1C(N)=NO)CC1CC1. The van der Waals surface area contributed by atoms with Crippen LogP contribution in [0.3, 0.4) is 0 Å². The molecular weight excluding hydrogens is 240 g/mol. The zero-order valence-corrected chi connectivity index (χ0v) is 11.6. The van der Waals surface area contributed by atoms with Crippen molar-refractivity contribution in [3.8, 4) is 0 Å². The van der Waals surface area contributed by atoms with Crippen LogP contribution in [0.2, 0.25) is 0 Å². The third kappa shape index (κ3) is 3.67. The van der Waals surface area contributed by atoms with Crippen molar-refractivity contribution in [3.05, 3.63) is 29.6 Å². The van der Waals surface area contributed by atoms with Gasteiger partial charge in [0, 0.05) is 25.3 Å². The molecule has 0 amide bonds. The molecule has 2 rings (SSSR count). The average molecular weight is 262 g/mol. The molecule has 1 fully saturated rings. The molecule has 1 heterocycles. The first-order valence-electron chi connectivity index (χ1n) is 6.77. The van der Waals surface area contributed by atoms with E-state index in [1.54, 1.807) is 6.20 Å². The first-order valence-corrected chi connectivity index (χ1v) is 6.77. The fourth-order valence-corrected chi connectivity index (χ4v) is 2.15. The summed E-state index contributed by atoms with van der Waals surface area (Å²) in [7, 11) is 0. The van der Waals surface area contributed by atoms with Gasteiger partial charge in [-0.3, -0.25) is 9.88 Å². The van der Waals surface area contributed by atoms with Gasteiger partial charge in [-0.15, -0.1) is 0 Å². The summed E-state index contributed by atoms with van der Waals surface area (Å²) in [6, 6.07) is 4.35. The van der Waals surface area contributed by atoms with E-state index in [0.29, 0.717) is 11.7 Å². The standard InChI is InChI=1S/C14H22N4O/c1-10(2)18(8-11-5-6-11)9-12-4-3-7-16-13(12)14(15)17-19/h3-4,7,10-11,19H,5-6,8-9H2,1-2H3,(H2,15,17). The number of hydrogen-bond acceptors (Lipinski definition) is 4. The Hall–Kier alpha value is -1.62. The molecule has 3 N–H and O–H groups in total. The maximum Gasteiger partial charge on any atom is 0.189 e. The summed E-state index contributed by atoms with van der Waals surface area (Å²) in [6.07, 6.45) is 4.34. The van der Waals surface area contributed by atoms with Crippen LogP contribution in [-0.2, 0) is 6.54 Å². The Balaban J connectivity index is 2.15. The maximum absolute atomic E-state index is 8.82. The van der Waals surface area contributed by atoms with Gasteiger partial charge in [0.25, 0.3) is 0 Å². The number of hydrogen-bond donors (Lipinski definition) is 2. The maximum atomic E-state index is 8.82. The van der Waals surface area contributed by atoms with Crippen LogP contribution in [0.5, 0.6) is 0 Å². The molecule has 1 aliphatic rings. The number of nitrogens with zero attached hydrogens (tertiary/aromatic N) is 3. The van der Waals surface area contributed by atoms with Crippen molar-refractivity contribution in [2.45, 2.75) is 39.3 Å². The van der Waals surface area contributed by atoms with E-state index in [1.165, 1.54) is 12.8 Å². The summed E-state index contributed by atoms with van der Waals surface area (Å²) in [5.41, 5.74) is 7.26. The highest BCUT2D eigenvalue weighted by Gasteiger charge is 2.26. The van der Waals surface area contributed by atoms with E-state index in [1.807, 2.05) is 12.1 Å². The van der Waals surface area contributed by atoms with E-state index >= 15 is 0 Å². The lowest BCUT2D eigenvalue weighted by Gasteiger charge is -2.27. The van der Waals surface area contributed by atoms with Crippen LogP contribution in [0.1, 0.15) is 37.9 Å². The van der Waals surface area contributed by atoms with Gasteiger partial charge in [0.2, 0.25) is 0 Å². The predicted molar refractivity (Wildman–Crippen MR) is 75.0 cm³/mol. The summed E-state index contributed by atoms with van der Waals surface area (Å²) >= 11 is 0. The normalized spacial score (nSPS) is 16.3. The lowest BCUT2D eigenvalue weighted by atomic mass is 10.1. The van der Waals surface area contributed by atoms with E-state index in [0.717, 1.165) is 24.6 Å². The number of nitrogens with two attached hydrogens (primary N) is 1. The Bertz CT molecular complexity index is 455. The molecule has 1 aromatic rings. The first-order chi connectivity index (χ1) is 9.11. The summed E-state index contributed by atoms with van der Waals surface area (Å²) in [4.78, 5) is 6.63. The Morgan fingerprint density at radius 1 is 1.58 bits per heavy atom. The topological polar surface area (TPSA) is 74.7 Å². The van der Waals surface area contributed by atoms with Crippen LogP contribution in [0, 0.1) is 5.92 Å². The second kappa shape index (κ2) is 6.02. The predicted octanol–water partition coefficient (Wildman–Crippen LogP) is 1.80. The molecule has 0 spiro atoms. The molecule has 5 nitrogen and oxygen atoms in total. The minimum Gasteiger partial charge on any atom is -0.409 e. The summed E-state index contributed by atoms with van der Waals surface area (Å²) in [5, 5.41) is 11.9. The van der Waals surface area contributed by atoms with Crippen molar-refractivity contribution >= 4 is 5.84 Å². The van der Waals surface area contributed by atoms with Crippen LogP contribution >= 0.6 is 0 Å². The minimum absolute atomic E-state index is 0.0747. The van der Waals surface area contributed by atoms with Gasteiger partial charge in [0.1, 0.15) is 5.69 Å². The van der Waals surface area contributed by atoms with Gasteiger partial charge < -0.3 is 10.9 Å².